The Hall–Kier alpha value is -3.20. The topological polar surface area (TPSA) is 105 Å². The van der Waals surface area contributed by atoms with Crippen molar-refractivity contribution in [2.75, 3.05) is 0 Å². The molecule has 1 aromatic carbocycles. The van der Waals surface area contributed by atoms with E-state index >= 15 is 0 Å². The second-order valence-electron chi connectivity index (χ2n) is 7.31. The van der Waals surface area contributed by atoms with Gasteiger partial charge >= 0.3 is 11.9 Å². The Morgan fingerprint density at radius 1 is 1.14 bits per heavy atom. The van der Waals surface area contributed by atoms with Gasteiger partial charge in [0.25, 0.3) is 5.91 Å². The number of fused-ring (bicyclic) bond motifs is 1. The minimum Gasteiger partial charge on any atom is -0.448 e. The second-order valence-corrected chi connectivity index (χ2v) is 8.34. The van der Waals surface area contributed by atoms with Crippen LogP contribution < -0.4 is 10.7 Å². The van der Waals surface area contributed by atoms with Crippen molar-refractivity contribution in [3.05, 3.63) is 42.2 Å². The summed E-state index contributed by atoms with van der Waals surface area (Å²) in [6.07, 6.45) is 3.96. The lowest BCUT2D eigenvalue weighted by Crippen LogP contribution is -2.50. The number of nitrogens with zero attached hydrogens (tertiary/aromatic N) is 2. The van der Waals surface area contributed by atoms with Gasteiger partial charge < -0.3 is 9.73 Å². The van der Waals surface area contributed by atoms with Crippen molar-refractivity contribution in [2.24, 2.45) is 0 Å². The number of amides is 4. The Kier molecular flexibility index (Phi) is 4.13. The lowest BCUT2D eigenvalue weighted by molar-refractivity contribution is -0.134. The first-order valence-corrected chi connectivity index (χ1v) is 10.3. The van der Waals surface area contributed by atoms with Crippen molar-refractivity contribution < 1.29 is 18.8 Å². The average Bonchev–Trinajstić information content (AvgIpc) is 3.42. The van der Waals surface area contributed by atoms with E-state index in [4.69, 9.17) is 4.42 Å². The van der Waals surface area contributed by atoms with E-state index in [1.54, 1.807) is 6.07 Å². The molecule has 2 fully saturated rings. The summed E-state index contributed by atoms with van der Waals surface area (Å²) in [5.41, 5.74) is 2.34. The summed E-state index contributed by atoms with van der Waals surface area (Å²) in [6, 6.07) is 10.3. The molecule has 8 nitrogen and oxygen atoms in total. The zero-order valence-electron chi connectivity index (χ0n) is 15.4. The van der Waals surface area contributed by atoms with Gasteiger partial charge in [-0.15, -0.1) is 11.3 Å². The number of hydrazine groups is 1. The molecule has 3 aromatic rings. The predicted molar refractivity (Wildman–Crippen MR) is 106 cm³/mol. The van der Waals surface area contributed by atoms with Crippen LogP contribution in [0.4, 0.5) is 4.79 Å². The van der Waals surface area contributed by atoms with E-state index < -0.39 is 23.4 Å². The van der Waals surface area contributed by atoms with E-state index in [9.17, 15) is 14.4 Å². The first-order valence-electron chi connectivity index (χ1n) is 9.49. The number of para-hydroxylation sites is 1. The molecule has 1 saturated carbocycles. The third-order valence-electron chi connectivity index (χ3n) is 5.42. The monoisotopic (exact) mass is 410 g/mol. The number of furan rings is 1. The summed E-state index contributed by atoms with van der Waals surface area (Å²) in [7, 11) is 0. The molecule has 1 saturated heterocycles. The van der Waals surface area contributed by atoms with E-state index in [0.717, 1.165) is 34.5 Å². The van der Waals surface area contributed by atoms with Crippen LogP contribution in [0.5, 0.6) is 0 Å². The molecule has 148 valence electrons. The first kappa shape index (κ1) is 17.9. The van der Waals surface area contributed by atoms with Crippen molar-refractivity contribution in [1.82, 2.24) is 20.7 Å². The number of imide groups is 1. The second kappa shape index (κ2) is 6.70. The number of hydrogen-bond acceptors (Lipinski definition) is 6. The van der Waals surface area contributed by atoms with Crippen LogP contribution >= 0.6 is 11.3 Å². The quantitative estimate of drug-likeness (QED) is 0.644. The van der Waals surface area contributed by atoms with Crippen LogP contribution in [0, 0.1) is 0 Å². The first-order chi connectivity index (χ1) is 14.1. The fraction of sp³-hybridized carbons (Fsp3) is 0.300. The number of aromatic nitrogens is 1. The molecule has 2 aromatic heterocycles. The van der Waals surface area contributed by atoms with Gasteiger partial charge in [-0.1, -0.05) is 31.4 Å². The summed E-state index contributed by atoms with van der Waals surface area (Å²) in [6.45, 7) is 0. The van der Waals surface area contributed by atoms with E-state index in [1.807, 2.05) is 24.3 Å². The highest BCUT2D eigenvalue weighted by atomic mass is 32.1. The van der Waals surface area contributed by atoms with Gasteiger partial charge in [0.2, 0.25) is 0 Å². The molecule has 5 rings (SSSR count). The minimum absolute atomic E-state index is 0.00412. The van der Waals surface area contributed by atoms with Gasteiger partial charge in [0, 0.05) is 0 Å². The number of hydrogen-bond donors (Lipinski definition) is 2. The molecule has 3 heterocycles. The maximum atomic E-state index is 12.8. The third kappa shape index (κ3) is 2.98. The number of carbonyl (C=O) groups excluding carboxylic acids is 3. The zero-order chi connectivity index (χ0) is 20.0. The molecular formula is C20H18N4O4S. The van der Waals surface area contributed by atoms with E-state index in [0.29, 0.717) is 23.6 Å². The van der Waals surface area contributed by atoms with E-state index in [2.05, 4.69) is 15.7 Å². The number of rotatable bonds is 3. The highest BCUT2D eigenvalue weighted by Crippen LogP contribution is 2.34. The lowest BCUT2D eigenvalue weighted by atomic mass is 9.82. The molecule has 2 N–H and O–H groups in total. The molecule has 9 heteroatoms. The summed E-state index contributed by atoms with van der Waals surface area (Å²) >= 11 is 1.46. The van der Waals surface area contributed by atoms with Gasteiger partial charge in [-0.2, -0.15) is 5.01 Å². The SMILES string of the molecule is O=C(NN1C(=O)NC2(CCCCC2)C1=O)c1ccc(-c2nc3ccccc3s2)o1. The molecule has 0 bridgehead atoms. The average molecular weight is 410 g/mol. The largest absolute Gasteiger partial charge is 0.448 e. The fourth-order valence-corrected chi connectivity index (χ4v) is 4.85. The number of nitrogens with one attached hydrogen (secondary N) is 2. The molecule has 1 aliphatic carbocycles. The Morgan fingerprint density at radius 3 is 2.72 bits per heavy atom. The van der Waals surface area contributed by atoms with Crippen molar-refractivity contribution in [1.29, 1.82) is 0 Å². The highest BCUT2D eigenvalue weighted by Gasteiger charge is 2.52. The Balaban J connectivity index is 1.34. The van der Waals surface area contributed by atoms with Crippen molar-refractivity contribution in [3.8, 4) is 10.8 Å². The van der Waals surface area contributed by atoms with Crippen LogP contribution in [0.25, 0.3) is 21.0 Å². The van der Waals surface area contributed by atoms with Crippen LogP contribution in [0.1, 0.15) is 42.7 Å². The van der Waals surface area contributed by atoms with Gasteiger partial charge in [-0.3, -0.25) is 9.59 Å². The summed E-state index contributed by atoms with van der Waals surface area (Å²) in [5.74, 6) is -0.607. The minimum atomic E-state index is -0.891. The standard InChI is InChI=1S/C20H18N4O4S/c25-16(23-24-18(26)20(22-19(24)27)10-4-1-5-11-20)13-8-9-14(28-13)17-21-12-6-2-3-7-15(12)29-17/h2-3,6-9H,1,4-5,10-11H2,(H,22,27)(H,23,25). The third-order valence-corrected chi connectivity index (χ3v) is 6.47. The maximum absolute atomic E-state index is 12.8. The van der Waals surface area contributed by atoms with Gasteiger partial charge in [0.05, 0.1) is 10.2 Å². The predicted octanol–water partition coefficient (Wildman–Crippen LogP) is 3.46. The number of benzene rings is 1. The molecule has 0 atom stereocenters. The lowest BCUT2D eigenvalue weighted by Gasteiger charge is -2.30. The molecule has 4 amide bonds. The van der Waals surface area contributed by atoms with Gasteiger partial charge in [0.15, 0.2) is 16.5 Å². The van der Waals surface area contributed by atoms with E-state index in [-0.39, 0.29) is 5.76 Å². The van der Waals surface area contributed by atoms with Crippen LogP contribution in [0.15, 0.2) is 40.8 Å². The fourth-order valence-electron chi connectivity index (χ4n) is 3.93. The maximum Gasteiger partial charge on any atom is 0.344 e. The molecule has 2 aliphatic rings. The van der Waals surface area contributed by atoms with Crippen LogP contribution in [-0.2, 0) is 4.79 Å². The Morgan fingerprint density at radius 2 is 1.93 bits per heavy atom. The van der Waals surface area contributed by atoms with Crippen LogP contribution in [0.2, 0.25) is 0 Å². The molecule has 0 radical (unpaired) electrons. The van der Waals surface area contributed by atoms with Crippen molar-refractivity contribution in [2.45, 2.75) is 37.6 Å². The van der Waals surface area contributed by atoms with Crippen LogP contribution in [0.3, 0.4) is 0 Å². The van der Waals surface area contributed by atoms with Gasteiger partial charge in [-0.25, -0.2) is 15.2 Å². The summed E-state index contributed by atoms with van der Waals surface area (Å²) in [5, 5.41) is 4.18. The Labute approximate surface area is 169 Å². The summed E-state index contributed by atoms with van der Waals surface area (Å²) < 4.78 is 6.66. The number of carbonyl (C=O) groups is 3. The van der Waals surface area contributed by atoms with Crippen molar-refractivity contribution >= 4 is 39.4 Å². The molecule has 1 aliphatic heterocycles. The van der Waals surface area contributed by atoms with E-state index in [1.165, 1.54) is 17.4 Å². The van der Waals surface area contributed by atoms with Gasteiger partial charge in [0.1, 0.15) is 5.54 Å². The molecule has 0 unspecified atom stereocenters. The van der Waals surface area contributed by atoms with Gasteiger partial charge in [-0.05, 0) is 37.1 Å². The Bertz CT molecular complexity index is 1100. The number of urea groups is 1. The molecule has 1 spiro atoms. The highest BCUT2D eigenvalue weighted by molar-refractivity contribution is 7.21. The smallest absolute Gasteiger partial charge is 0.344 e. The normalized spacial score (nSPS) is 18.4. The van der Waals surface area contributed by atoms with Crippen molar-refractivity contribution in [3.63, 3.8) is 0 Å². The molecule has 29 heavy (non-hydrogen) atoms. The molecular weight excluding hydrogens is 392 g/mol. The zero-order valence-corrected chi connectivity index (χ0v) is 16.3. The number of thiazole rings is 1. The van der Waals surface area contributed by atoms with Crippen LogP contribution in [-0.4, -0.2) is 33.4 Å². The summed E-state index contributed by atoms with van der Waals surface area (Å²) in [4.78, 5) is 42.2.